The zero-order chi connectivity index (χ0) is 16.2. The number of rotatable bonds is 5. The molecular weight excluding hydrogens is 307 g/mol. The fourth-order valence-electron chi connectivity index (χ4n) is 2.23. The Kier molecular flexibility index (Phi) is 5.64. The molecule has 2 atom stereocenters. The predicted molar refractivity (Wildman–Crippen MR) is 85.0 cm³/mol. The Hall–Kier alpha value is -1.33. The van der Waals surface area contributed by atoms with Gasteiger partial charge in [0.15, 0.2) is 0 Å². The molecule has 0 aromatic heterocycles. The van der Waals surface area contributed by atoms with Gasteiger partial charge in [-0.25, -0.2) is 4.39 Å². The Bertz CT molecular complexity index is 525. The minimum atomic E-state index is -1.06. The summed E-state index contributed by atoms with van der Waals surface area (Å²) in [6, 6.07) is 6.67. The summed E-state index contributed by atoms with van der Waals surface area (Å²) in [7, 11) is 0. The highest BCUT2D eigenvalue weighted by Crippen LogP contribution is 2.26. The van der Waals surface area contributed by atoms with Crippen LogP contribution in [0.25, 0.3) is 0 Å². The van der Waals surface area contributed by atoms with Gasteiger partial charge in [-0.1, -0.05) is 23.7 Å². The third kappa shape index (κ3) is 4.34. The van der Waals surface area contributed by atoms with Crippen molar-refractivity contribution in [2.45, 2.75) is 32.5 Å². The van der Waals surface area contributed by atoms with Crippen molar-refractivity contribution in [3.63, 3.8) is 0 Å². The largest absolute Gasteiger partial charge is 0.491 e. The Morgan fingerprint density at radius 2 is 2.23 bits per heavy atom. The summed E-state index contributed by atoms with van der Waals surface area (Å²) < 4.78 is 19.4. The number of ether oxygens (including phenoxy) is 1. The van der Waals surface area contributed by atoms with E-state index in [9.17, 15) is 9.18 Å². The lowest BCUT2D eigenvalue weighted by Gasteiger charge is -2.31. The van der Waals surface area contributed by atoms with Crippen LogP contribution in [-0.4, -0.2) is 37.8 Å². The molecule has 1 heterocycles. The molecule has 2 N–H and O–H groups in total. The number of hydrogen-bond acceptors (Lipinski definition) is 3. The van der Waals surface area contributed by atoms with Crippen LogP contribution >= 0.6 is 11.6 Å². The van der Waals surface area contributed by atoms with Crippen molar-refractivity contribution < 1.29 is 13.9 Å². The fourth-order valence-corrected chi connectivity index (χ4v) is 2.42. The van der Waals surface area contributed by atoms with E-state index in [2.05, 4.69) is 10.6 Å². The lowest BCUT2D eigenvalue weighted by molar-refractivity contribution is -0.132. The Morgan fingerprint density at radius 3 is 2.91 bits per heavy atom. The first-order valence-electron chi connectivity index (χ1n) is 7.43. The molecule has 1 aromatic rings. The summed E-state index contributed by atoms with van der Waals surface area (Å²) >= 11 is 6.03. The van der Waals surface area contributed by atoms with Gasteiger partial charge in [0.05, 0.1) is 16.5 Å². The fraction of sp³-hybridized carbons (Fsp3) is 0.562. The average molecular weight is 329 g/mol. The maximum absolute atomic E-state index is 13.8. The number of piperidine rings is 1. The smallest absolute Gasteiger partial charge is 0.229 e. The summed E-state index contributed by atoms with van der Waals surface area (Å²) in [5, 5.41) is 6.26. The van der Waals surface area contributed by atoms with Gasteiger partial charge < -0.3 is 15.4 Å². The maximum atomic E-state index is 13.8. The van der Waals surface area contributed by atoms with Crippen LogP contribution in [0.15, 0.2) is 24.3 Å². The molecule has 1 amide bonds. The van der Waals surface area contributed by atoms with Gasteiger partial charge in [0.1, 0.15) is 18.5 Å². The van der Waals surface area contributed by atoms with Gasteiger partial charge in [-0.05, 0) is 38.9 Å². The molecule has 0 bridgehead atoms. The van der Waals surface area contributed by atoms with Crippen LogP contribution in [0, 0.1) is 5.41 Å². The monoisotopic (exact) mass is 328 g/mol. The topological polar surface area (TPSA) is 50.4 Å². The van der Waals surface area contributed by atoms with Gasteiger partial charge in [-0.3, -0.25) is 4.79 Å². The number of alkyl halides is 1. The molecule has 22 heavy (non-hydrogen) atoms. The number of carbonyl (C=O) groups is 1. The first-order valence-corrected chi connectivity index (χ1v) is 7.81. The third-order valence-corrected chi connectivity index (χ3v) is 4.08. The summed E-state index contributed by atoms with van der Waals surface area (Å²) in [6.45, 7) is 4.70. The molecule has 2 rings (SSSR count). The molecule has 0 aliphatic carbocycles. The SMILES string of the molecule is CC(C)(COc1ccccc1Cl)C(=O)N[C@H]1CCNC[C@@H]1F. The van der Waals surface area contributed by atoms with Crippen molar-refractivity contribution in [3.05, 3.63) is 29.3 Å². The minimum Gasteiger partial charge on any atom is -0.491 e. The van der Waals surface area contributed by atoms with Crippen LogP contribution in [0.4, 0.5) is 4.39 Å². The van der Waals surface area contributed by atoms with Crippen LogP contribution in [0.1, 0.15) is 20.3 Å². The Balaban J connectivity index is 1.91. The van der Waals surface area contributed by atoms with Gasteiger partial charge in [0, 0.05) is 6.54 Å². The predicted octanol–water partition coefficient (Wildman–Crippen LogP) is 2.56. The Morgan fingerprint density at radius 1 is 1.50 bits per heavy atom. The van der Waals surface area contributed by atoms with E-state index in [4.69, 9.17) is 16.3 Å². The molecular formula is C16H22ClFN2O2. The molecule has 0 radical (unpaired) electrons. The van der Waals surface area contributed by atoms with E-state index in [-0.39, 0.29) is 19.1 Å². The normalized spacial score (nSPS) is 22.2. The van der Waals surface area contributed by atoms with E-state index >= 15 is 0 Å². The number of benzene rings is 1. The molecule has 0 saturated carbocycles. The highest BCUT2D eigenvalue weighted by molar-refractivity contribution is 6.32. The van der Waals surface area contributed by atoms with Gasteiger partial charge >= 0.3 is 0 Å². The van der Waals surface area contributed by atoms with Crippen molar-refractivity contribution in [1.29, 1.82) is 0 Å². The first kappa shape index (κ1) is 17.0. The summed E-state index contributed by atoms with van der Waals surface area (Å²) in [5.74, 6) is 0.323. The van der Waals surface area contributed by atoms with E-state index in [0.717, 1.165) is 0 Å². The molecule has 1 aliphatic rings. The van der Waals surface area contributed by atoms with Crippen molar-refractivity contribution >= 4 is 17.5 Å². The van der Waals surface area contributed by atoms with Crippen molar-refractivity contribution in [1.82, 2.24) is 10.6 Å². The molecule has 1 aliphatic heterocycles. The number of nitrogens with one attached hydrogen (secondary N) is 2. The van der Waals surface area contributed by atoms with Gasteiger partial charge in [0.2, 0.25) is 5.91 Å². The van der Waals surface area contributed by atoms with Crippen molar-refractivity contribution in [2.75, 3.05) is 19.7 Å². The Labute approximate surface area is 135 Å². The summed E-state index contributed by atoms with van der Waals surface area (Å²) in [5.41, 5.74) is -0.774. The van der Waals surface area contributed by atoms with E-state index in [0.29, 0.717) is 23.7 Å². The van der Waals surface area contributed by atoms with Gasteiger partial charge in [-0.15, -0.1) is 0 Å². The van der Waals surface area contributed by atoms with Crippen LogP contribution in [0.2, 0.25) is 5.02 Å². The van der Waals surface area contributed by atoms with Crippen molar-refractivity contribution in [3.8, 4) is 5.75 Å². The second kappa shape index (κ2) is 7.29. The standard InChI is InChI=1S/C16H22ClFN2O2/c1-16(2,10-22-14-6-4-3-5-11(14)17)15(21)20-13-7-8-19-9-12(13)18/h3-6,12-13,19H,7-10H2,1-2H3,(H,20,21)/t12-,13-/m0/s1. The molecule has 6 heteroatoms. The number of amides is 1. The van der Waals surface area contributed by atoms with Crippen LogP contribution in [-0.2, 0) is 4.79 Å². The van der Waals surface area contributed by atoms with E-state index in [1.165, 1.54) is 0 Å². The third-order valence-electron chi connectivity index (χ3n) is 3.76. The van der Waals surface area contributed by atoms with Gasteiger partial charge in [-0.2, -0.15) is 0 Å². The van der Waals surface area contributed by atoms with E-state index in [1.807, 2.05) is 12.1 Å². The van der Waals surface area contributed by atoms with Crippen LogP contribution < -0.4 is 15.4 Å². The second-order valence-electron chi connectivity index (χ2n) is 6.19. The molecule has 1 saturated heterocycles. The average Bonchev–Trinajstić information content (AvgIpc) is 2.49. The first-order chi connectivity index (χ1) is 10.4. The highest BCUT2D eigenvalue weighted by atomic mass is 35.5. The number of carbonyl (C=O) groups excluding carboxylic acids is 1. The van der Waals surface area contributed by atoms with Crippen LogP contribution in [0.3, 0.4) is 0 Å². The zero-order valence-electron chi connectivity index (χ0n) is 12.9. The van der Waals surface area contributed by atoms with Crippen molar-refractivity contribution in [2.24, 2.45) is 5.41 Å². The lowest BCUT2D eigenvalue weighted by Crippen LogP contribution is -2.54. The molecule has 0 unspecified atom stereocenters. The lowest BCUT2D eigenvalue weighted by atomic mass is 9.92. The molecule has 0 spiro atoms. The molecule has 1 fully saturated rings. The van der Waals surface area contributed by atoms with E-state index in [1.54, 1.807) is 26.0 Å². The molecule has 1 aromatic carbocycles. The minimum absolute atomic E-state index is 0.171. The second-order valence-corrected chi connectivity index (χ2v) is 6.60. The zero-order valence-corrected chi connectivity index (χ0v) is 13.6. The maximum Gasteiger partial charge on any atom is 0.229 e. The molecule has 122 valence electrons. The van der Waals surface area contributed by atoms with Crippen LogP contribution in [0.5, 0.6) is 5.75 Å². The highest BCUT2D eigenvalue weighted by Gasteiger charge is 2.33. The summed E-state index contributed by atoms with van der Waals surface area (Å²) in [4.78, 5) is 12.4. The van der Waals surface area contributed by atoms with Gasteiger partial charge in [0.25, 0.3) is 0 Å². The number of para-hydroxylation sites is 1. The quantitative estimate of drug-likeness (QED) is 0.873. The number of hydrogen-bond donors (Lipinski definition) is 2. The molecule has 4 nitrogen and oxygen atoms in total. The van der Waals surface area contributed by atoms with E-state index < -0.39 is 17.6 Å². The number of halogens is 2. The summed E-state index contributed by atoms with van der Waals surface area (Å²) in [6.07, 6.45) is -0.466.